The Labute approximate surface area is 102 Å². The lowest BCUT2D eigenvalue weighted by molar-refractivity contribution is 1.44. The molecule has 0 unspecified atom stereocenters. The van der Waals surface area contributed by atoms with Crippen molar-refractivity contribution in [2.24, 2.45) is 0 Å². The molecular weight excluding hydrogens is 206 g/mol. The fraction of sp³-hybridized carbons (Fsp3) is 0.0625. The molecule has 0 aliphatic carbocycles. The second-order valence-corrected chi connectivity index (χ2v) is 3.89. The van der Waals surface area contributed by atoms with Gasteiger partial charge < -0.3 is 0 Å². The highest BCUT2D eigenvalue weighted by Crippen LogP contribution is 2.19. The van der Waals surface area contributed by atoms with Gasteiger partial charge in [-0.3, -0.25) is 0 Å². The van der Waals surface area contributed by atoms with E-state index in [0.717, 1.165) is 11.1 Å². The molecule has 0 saturated carbocycles. The first-order valence-electron chi connectivity index (χ1n) is 5.54. The van der Waals surface area contributed by atoms with Crippen LogP contribution in [0.25, 0.3) is 11.6 Å². The van der Waals surface area contributed by atoms with Crippen LogP contribution in [0.15, 0.2) is 54.6 Å². The van der Waals surface area contributed by atoms with Gasteiger partial charge in [0.15, 0.2) is 0 Å². The van der Waals surface area contributed by atoms with E-state index in [-0.39, 0.29) is 0 Å². The Morgan fingerprint density at radius 2 is 1.65 bits per heavy atom. The minimum absolute atomic E-state index is 0.694. The van der Waals surface area contributed by atoms with Crippen molar-refractivity contribution in [3.05, 3.63) is 71.3 Å². The SMILES string of the molecule is Cc1ccccc1/C=C(\C#N)c1ccccc1. The van der Waals surface area contributed by atoms with Crippen molar-refractivity contribution in [1.29, 1.82) is 5.26 Å². The molecule has 0 heterocycles. The molecule has 0 N–H and O–H groups in total. The third kappa shape index (κ3) is 2.62. The maximum absolute atomic E-state index is 9.21. The Morgan fingerprint density at radius 3 is 2.29 bits per heavy atom. The predicted molar refractivity (Wildman–Crippen MR) is 71.1 cm³/mol. The molecule has 17 heavy (non-hydrogen) atoms. The molecule has 0 saturated heterocycles. The maximum Gasteiger partial charge on any atom is 0.0998 e. The normalized spacial score (nSPS) is 10.9. The third-order valence-electron chi connectivity index (χ3n) is 2.69. The van der Waals surface area contributed by atoms with Crippen molar-refractivity contribution in [3.8, 4) is 6.07 Å². The number of benzene rings is 2. The molecule has 2 aromatic carbocycles. The van der Waals surface area contributed by atoms with Gasteiger partial charge in [0.2, 0.25) is 0 Å². The van der Waals surface area contributed by atoms with Crippen molar-refractivity contribution < 1.29 is 0 Å². The number of hydrogen-bond donors (Lipinski definition) is 0. The topological polar surface area (TPSA) is 23.8 Å². The third-order valence-corrected chi connectivity index (χ3v) is 2.69. The van der Waals surface area contributed by atoms with Crippen molar-refractivity contribution in [1.82, 2.24) is 0 Å². The van der Waals surface area contributed by atoms with Crippen molar-refractivity contribution in [2.75, 3.05) is 0 Å². The van der Waals surface area contributed by atoms with E-state index >= 15 is 0 Å². The second-order valence-electron chi connectivity index (χ2n) is 3.89. The maximum atomic E-state index is 9.21. The largest absolute Gasteiger partial charge is 0.192 e. The molecule has 2 aromatic rings. The van der Waals surface area contributed by atoms with Gasteiger partial charge in [-0.15, -0.1) is 0 Å². The fourth-order valence-electron chi connectivity index (χ4n) is 1.70. The van der Waals surface area contributed by atoms with E-state index in [0.29, 0.717) is 5.57 Å². The average molecular weight is 219 g/mol. The van der Waals surface area contributed by atoms with Crippen LogP contribution in [-0.2, 0) is 0 Å². The van der Waals surface area contributed by atoms with E-state index in [1.54, 1.807) is 0 Å². The number of aryl methyl sites for hydroxylation is 1. The van der Waals surface area contributed by atoms with Gasteiger partial charge in [-0.2, -0.15) is 5.26 Å². The minimum Gasteiger partial charge on any atom is -0.192 e. The van der Waals surface area contributed by atoms with E-state index in [2.05, 4.69) is 6.07 Å². The smallest absolute Gasteiger partial charge is 0.0998 e. The second kappa shape index (κ2) is 5.14. The van der Waals surface area contributed by atoms with Gasteiger partial charge in [-0.1, -0.05) is 54.6 Å². The summed E-state index contributed by atoms with van der Waals surface area (Å²) in [5.74, 6) is 0. The van der Waals surface area contributed by atoms with Gasteiger partial charge in [-0.25, -0.2) is 0 Å². The summed E-state index contributed by atoms with van der Waals surface area (Å²) >= 11 is 0. The zero-order valence-electron chi connectivity index (χ0n) is 9.72. The molecule has 0 bridgehead atoms. The van der Waals surface area contributed by atoms with Crippen molar-refractivity contribution in [3.63, 3.8) is 0 Å². The van der Waals surface area contributed by atoms with E-state index < -0.39 is 0 Å². The molecule has 0 radical (unpaired) electrons. The van der Waals surface area contributed by atoms with Crippen LogP contribution in [0.5, 0.6) is 0 Å². The quantitative estimate of drug-likeness (QED) is 0.552. The Balaban J connectivity index is 2.45. The van der Waals surface area contributed by atoms with Crippen LogP contribution in [0.1, 0.15) is 16.7 Å². The number of allylic oxidation sites excluding steroid dienone is 1. The first kappa shape index (κ1) is 11.2. The molecule has 82 valence electrons. The molecule has 0 amide bonds. The molecule has 2 rings (SSSR count). The highest BCUT2D eigenvalue weighted by Gasteiger charge is 2.00. The van der Waals surface area contributed by atoms with Crippen LogP contribution in [-0.4, -0.2) is 0 Å². The number of rotatable bonds is 2. The Morgan fingerprint density at radius 1 is 1.00 bits per heavy atom. The lowest BCUT2D eigenvalue weighted by atomic mass is 10.0. The number of hydrogen-bond acceptors (Lipinski definition) is 1. The zero-order chi connectivity index (χ0) is 12.1. The Hall–Kier alpha value is -2.33. The molecule has 0 aliphatic heterocycles. The van der Waals surface area contributed by atoms with Crippen LogP contribution in [0.4, 0.5) is 0 Å². The number of nitriles is 1. The highest BCUT2D eigenvalue weighted by molar-refractivity contribution is 5.90. The van der Waals surface area contributed by atoms with E-state index in [4.69, 9.17) is 0 Å². The summed E-state index contributed by atoms with van der Waals surface area (Å²) in [4.78, 5) is 0. The molecule has 0 atom stereocenters. The van der Waals surface area contributed by atoms with Crippen molar-refractivity contribution in [2.45, 2.75) is 6.92 Å². The molecule has 0 fully saturated rings. The van der Waals surface area contributed by atoms with Gasteiger partial charge in [0.25, 0.3) is 0 Å². The van der Waals surface area contributed by atoms with Gasteiger partial charge in [0, 0.05) is 0 Å². The first-order chi connectivity index (χ1) is 8.31. The van der Waals surface area contributed by atoms with Gasteiger partial charge >= 0.3 is 0 Å². The van der Waals surface area contributed by atoms with Crippen LogP contribution >= 0.6 is 0 Å². The van der Waals surface area contributed by atoms with E-state index in [1.807, 2.05) is 67.6 Å². The van der Waals surface area contributed by atoms with Gasteiger partial charge in [-0.05, 0) is 29.7 Å². The summed E-state index contributed by atoms with van der Waals surface area (Å²) in [6.07, 6.45) is 1.94. The first-order valence-corrected chi connectivity index (χ1v) is 5.54. The lowest BCUT2D eigenvalue weighted by Gasteiger charge is -2.02. The summed E-state index contributed by atoms with van der Waals surface area (Å²) in [5.41, 5.74) is 3.92. The zero-order valence-corrected chi connectivity index (χ0v) is 9.72. The average Bonchev–Trinajstić information content (AvgIpc) is 2.39. The summed E-state index contributed by atoms with van der Waals surface area (Å²) < 4.78 is 0. The van der Waals surface area contributed by atoms with E-state index in [1.165, 1.54) is 5.56 Å². The molecule has 0 aliphatic rings. The standard InChI is InChI=1S/C16H13N/c1-13-7-5-6-10-15(13)11-16(12-17)14-8-3-2-4-9-14/h2-11H,1H3/b16-11+. The summed E-state index contributed by atoms with van der Waals surface area (Å²) in [7, 11) is 0. The Kier molecular flexibility index (Phi) is 3.37. The Bertz CT molecular complexity index is 574. The van der Waals surface area contributed by atoms with Crippen LogP contribution in [0.3, 0.4) is 0 Å². The fourth-order valence-corrected chi connectivity index (χ4v) is 1.70. The number of nitrogens with zero attached hydrogens (tertiary/aromatic N) is 1. The lowest BCUT2D eigenvalue weighted by Crippen LogP contribution is -1.83. The van der Waals surface area contributed by atoms with Crippen molar-refractivity contribution >= 4 is 11.6 Å². The highest BCUT2D eigenvalue weighted by atomic mass is 14.2. The molecule has 0 aromatic heterocycles. The molecule has 1 nitrogen and oxygen atoms in total. The molecule has 0 spiro atoms. The monoisotopic (exact) mass is 219 g/mol. The summed E-state index contributed by atoms with van der Waals surface area (Å²) in [6, 6.07) is 20.1. The summed E-state index contributed by atoms with van der Waals surface area (Å²) in [6.45, 7) is 2.05. The predicted octanol–water partition coefficient (Wildman–Crippen LogP) is 4.06. The van der Waals surface area contributed by atoms with Gasteiger partial charge in [0.05, 0.1) is 11.6 Å². The molecular formula is C16H13N. The summed E-state index contributed by atoms with van der Waals surface area (Å²) in [5, 5.41) is 9.21. The van der Waals surface area contributed by atoms with Crippen LogP contribution in [0.2, 0.25) is 0 Å². The van der Waals surface area contributed by atoms with E-state index in [9.17, 15) is 5.26 Å². The van der Waals surface area contributed by atoms with Gasteiger partial charge in [0.1, 0.15) is 0 Å². The molecule has 1 heteroatoms. The van der Waals surface area contributed by atoms with Crippen LogP contribution < -0.4 is 0 Å². The minimum atomic E-state index is 0.694. The van der Waals surface area contributed by atoms with Crippen LogP contribution in [0, 0.1) is 18.3 Å².